The van der Waals surface area contributed by atoms with E-state index in [4.69, 9.17) is 45.4 Å². The normalized spacial score (nSPS) is 18.5. The first kappa shape index (κ1) is 23.2. The Morgan fingerprint density at radius 2 is 1.87 bits per heavy atom. The van der Waals surface area contributed by atoms with Crippen LogP contribution in [0.3, 0.4) is 0 Å². The van der Waals surface area contributed by atoms with Gasteiger partial charge in [-0.3, -0.25) is 9.59 Å². The van der Waals surface area contributed by atoms with E-state index >= 15 is 0 Å². The highest BCUT2D eigenvalue weighted by Crippen LogP contribution is 2.50. The molecular formula is C18H14Cl3F3N4O3. The molecule has 2 heterocycles. The molecule has 0 saturated heterocycles. The van der Waals surface area contributed by atoms with Gasteiger partial charge in [0.25, 0.3) is 11.5 Å². The standard InChI is InChI=1S/C18H14Cl3F3N4O3/c1-7-2-11(27-15(7)16(30)26-6-13(25)29)12-5-17(31-28-12,18(22,23)24)8-3-9(19)14(21)10(20)4-8/h2-4,27H,5-6H2,1H3,(H2,25,29)(H,26,30). The van der Waals surface area contributed by atoms with E-state index in [1.807, 2.05) is 0 Å². The number of hydrogen-bond acceptors (Lipinski definition) is 4. The van der Waals surface area contributed by atoms with Gasteiger partial charge >= 0.3 is 6.18 Å². The number of alkyl halides is 3. The SMILES string of the molecule is Cc1cc(C2=NOC(c3cc(Cl)c(Cl)c(Cl)c3)(C(F)(F)F)C2)[nH]c1C(=O)NCC(N)=O. The summed E-state index contributed by atoms with van der Waals surface area (Å²) < 4.78 is 42.3. The average Bonchev–Trinajstić information content (AvgIpc) is 3.28. The Balaban J connectivity index is 1.94. The summed E-state index contributed by atoms with van der Waals surface area (Å²) in [6, 6.07) is 3.48. The van der Waals surface area contributed by atoms with Gasteiger partial charge in [-0.15, -0.1) is 0 Å². The maximum Gasteiger partial charge on any atom is 0.435 e. The summed E-state index contributed by atoms with van der Waals surface area (Å²) in [4.78, 5) is 30.6. The summed E-state index contributed by atoms with van der Waals surface area (Å²) in [5, 5.41) is 5.47. The van der Waals surface area contributed by atoms with E-state index in [-0.39, 0.29) is 37.7 Å². The highest BCUT2D eigenvalue weighted by Gasteiger charge is 2.62. The average molecular weight is 498 g/mol. The van der Waals surface area contributed by atoms with Crippen LogP contribution in [0.4, 0.5) is 13.2 Å². The van der Waals surface area contributed by atoms with Crippen LogP contribution in [-0.2, 0) is 15.2 Å². The van der Waals surface area contributed by atoms with Crippen LogP contribution in [0.15, 0.2) is 23.4 Å². The number of nitrogens with one attached hydrogen (secondary N) is 2. The van der Waals surface area contributed by atoms with Crippen molar-refractivity contribution in [2.75, 3.05) is 6.54 Å². The monoisotopic (exact) mass is 496 g/mol. The minimum Gasteiger partial charge on any atom is -0.374 e. The van der Waals surface area contributed by atoms with Crippen LogP contribution in [0.1, 0.15) is 33.7 Å². The molecule has 2 aromatic rings. The number of rotatable bonds is 5. The Morgan fingerprint density at radius 1 is 1.26 bits per heavy atom. The number of benzene rings is 1. The van der Waals surface area contributed by atoms with Gasteiger partial charge in [0.2, 0.25) is 5.91 Å². The number of carbonyl (C=O) groups excluding carboxylic acids is 2. The van der Waals surface area contributed by atoms with E-state index in [1.54, 1.807) is 6.92 Å². The summed E-state index contributed by atoms with van der Waals surface area (Å²) in [6.07, 6.45) is -5.60. The molecule has 3 rings (SSSR count). The molecule has 7 nitrogen and oxygen atoms in total. The van der Waals surface area contributed by atoms with Gasteiger partial charge in [0.05, 0.1) is 33.7 Å². The van der Waals surface area contributed by atoms with Gasteiger partial charge in [-0.1, -0.05) is 40.0 Å². The van der Waals surface area contributed by atoms with Crippen molar-refractivity contribution in [3.05, 3.63) is 55.8 Å². The number of halogens is 6. The van der Waals surface area contributed by atoms with Crippen molar-refractivity contribution in [3.8, 4) is 0 Å². The Hall–Kier alpha value is -2.43. The number of carbonyl (C=O) groups is 2. The smallest absolute Gasteiger partial charge is 0.374 e. The summed E-state index contributed by atoms with van der Waals surface area (Å²) >= 11 is 17.7. The topological polar surface area (TPSA) is 110 Å². The minimum absolute atomic E-state index is 0.0426. The number of aromatic amines is 1. The molecule has 31 heavy (non-hydrogen) atoms. The summed E-state index contributed by atoms with van der Waals surface area (Å²) in [5.74, 6) is -1.40. The fraction of sp³-hybridized carbons (Fsp3) is 0.278. The molecule has 0 radical (unpaired) electrons. The van der Waals surface area contributed by atoms with Crippen molar-refractivity contribution in [2.45, 2.75) is 25.1 Å². The van der Waals surface area contributed by atoms with E-state index in [0.29, 0.717) is 5.56 Å². The lowest BCUT2D eigenvalue weighted by atomic mass is 9.87. The van der Waals surface area contributed by atoms with Crippen LogP contribution in [0, 0.1) is 6.92 Å². The molecule has 1 atom stereocenters. The van der Waals surface area contributed by atoms with Gasteiger partial charge in [-0.25, -0.2) is 0 Å². The summed E-state index contributed by atoms with van der Waals surface area (Å²) in [7, 11) is 0. The number of nitrogens with two attached hydrogens (primary N) is 1. The largest absolute Gasteiger partial charge is 0.435 e. The lowest BCUT2D eigenvalue weighted by molar-refractivity contribution is -0.275. The molecule has 0 aliphatic carbocycles. The van der Waals surface area contributed by atoms with Gasteiger partial charge in [0.15, 0.2) is 0 Å². The Kier molecular flexibility index (Phi) is 6.18. The Labute approximate surface area is 188 Å². The fourth-order valence-corrected chi connectivity index (χ4v) is 3.64. The van der Waals surface area contributed by atoms with Crippen LogP contribution >= 0.6 is 34.8 Å². The highest BCUT2D eigenvalue weighted by molar-refractivity contribution is 6.48. The predicted molar refractivity (Wildman–Crippen MR) is 109 cm³/mol. The number of oxime groups is 1. The molecule has 1 aliphatic heterocycles. The fourth-order valence-electron chi connectivity index (χ4n) is 3.04. The number of nitrogens with zero attached hydrogens (tertiary/aromatic N) is 1. The van der Waals surface area contributed by atoms with Crippen LogP contribution in [0.2, 0.25) is 15.1 Å². The lowest BCUT2D eigenvalue weighted by Crippen LogP contribution is -2.42. The molecule has 1 aromatic carbocycles. The van der Waals surface area contributed by atoms with Crippen molar-refractivity contribution in [1.82, 2.24) is 10.3 Å². The second-order valence-corrected chi connectivity index (χ2v) is 7.97. The number of aryl methyl sites for hydroxylation is 1. The third kappa shape index (κ3) is 4.32. The van der Waals surface area contributed by atoms with Crippen molar-refractivity contribution in [3.63, 3.8) is 0 Å². The second-order valence-electron chi connectivity index (χ2n) is 6.77. The second kappa shape index (κ2) is 8.25. The number of aromatic nitrogens is 1. The molecule has 166 valence electrons. The molecule has 0 bridgehead atoms. The number of H-pyrrole nitrogens is 1. The molecule has 2 amide bonds. The maximum atomic E-state index is 14.1. The van der Waals surface area contributed by atoms with Crippen molar-refractivity contribution in [1.29, 1.82) is 0 Å². The third-order valence-electron chi connectivity index (χ3n) is 4.61. The van der Waals surface area contributed by atoms with Gasteiger partial charge in [0, 0.05) is 5.56 Å². The zero-order valence-electron chi connectivity index (χ0n) is 15.7. The van der Waals surface area contributed by atoms with Crippen LogP contribution in [0.5, 0.6) is 0 Å². The summed E-state index contributed by atoms with van der Waals surface area (Å²) in [5.41, 5.74) is 2.27. The van der Waals surface area contributed by atoms with Crippen LogP contribution in [-0.4, -0.2) is 35.2 Å². The molecule has 1 aliphatic rings. The predicted octanol–water partition coefficient (Wildman–Crippen LogP) is 4.08. The molecular weight excluding hydrogens is 484 g/mol. The number of hydrogen-bond donors (Lipinski definition) is 3. The van der Waals surface area contributed by atoms with Crippen LogP contribution < -0.4 is 11.1 Å². The molecule has 0 saturated carbocycles. The van der Waals surface area contributed by atoms with E-state index < -0.39 is 36.6 Å². The molecule has 1 unspecified atom stereocenters. The van der Waals surface area contributed by atoms with E-state index in [2.05, 4.69) is 15.5 Å². The third-order valence-corrected chi connectivity index (χ3v) is 5.81. The first-order valence-electron chi connectivity index (χ1n) is 8.59. The minimum atomic E-state index is -4.89. The maximum absolute atomic E-state index is 14.1. The van der Waals surface area contributed by atoms with Crippen LogP contribution in [0.25, 0.3) is 0 Å². The molecule has 13 heteroatoms. The number of primary amides is 1. The van der Waals surface area contributed by atoms with Gasteiger partial charge in [0.1, 0.15) is 11.4 Å². The molecule has 0 fully saturated rings. The van der Waals surface area contributed by atoms with Crippen molar-refractivity contribution < 1.29 is 27.6 Å². The summed E-state index contributed by atoms with van der Waals surface area (Å²) in [6.45, 7) is 1.16. The van der Waals surface area contributed by atoms with Crippen molar-refractivity contribution in [2.24, 2.45) is 10.9 Å². The van der Waals surface area contributed by atoms with E-state index in [9.17, 15) is 22.8 Å². The van der Waals surface area contributed by atoms with E-state index in [1.165, 1.54) is 6.07 Å². The van der Waals surface area contributed by atoms with Gasteiger partial charge in [-0.05, 0) is 30.7 Å². The molecule has 0 spiro atoms. The number of amides is 2. The zero-order chi connectivity index (χ0) is 23.1. The first-order chi connectivity index (χ1) is 14.4. The zero-order valence-corrected chi connectivity index (χ0v) is 17.9. The van der Waals surface area contributed by atoms with Crippen molar-refractivity contribution >= 4 is 52.3 Å². The van der Waals surface area contributed by atoms with E-state index in [0.717, 1.165) is 12.1 Å². The first-order valence-corrected chi connectivity index (χ1v) is 9.72. The highest BCUT2D eigenvalue weighted by atomic mass is 35.5. The molecule has 1 aromatic heterocycles. The Bertz CT molecular complexity index is 1080. The Morgan fingerprint density at radius 3 is 2.42 bits per heavy atom. The molecule has 4 N–H and O–H groups in total. The quantitative estimate of drug-likeness (QED) is 0.542. The van der Waals surface area contributed by atoms with Gasteiger partial charge in [-0.2, -0.15) is 13.2 Å². The lowest BCUT2D eigenvalue weighted by Gasteiger charge is -2.29. The van der Waals surface area contributed by atoms with Gasteiger partial charge < -0.3 is 20.9 Å².